The molecule has 5 aliphatic rings. The second kappa shape index (κ2) is 10.7. The van der Waals surface area contributed by atoms with E-state index >= 15 is 8.78 Å². The van der Waals surface area contributed by atoms with Crippen molar-refractivity contribution in [3.8, 4) is 11.8 Å². The number of rotatable bonds is 7. The molecular formula is C34H40F2N4O. The minimum Gasteiger partial charge on any atom is -0.489 e. The Hall–Kier alpha value is -2.95. The van der Waals surface area contributed by atoms with E-state index in [-0.39, 0.29) is 35.4 Å². The van der Waals surface area contributed by atoms with Gasteiger partial charge in [0.05, 0.1) is 18.0 Å². The van der Waals surface area contributed by atoms with Crippen LogP contribution in [0.25, 0.3) is 10.9 Å². The lowest BCUT2D eigenvalue weighted by Gasteiger charge is -2.56. The van der Waals surface area contributed by atoms with Crippen LogP contribution < -0.4 is 4.74 Å². The SMILES string of the molecule is CCCCN1CC[C@@H](Oc2cc(F)c([C@@H]3c4[nH]c5ccccc5c4C[C@@H](C)N3C3C[C@H](C#N)C4CC3C4)c(F)c2)C1. The summed E-state index contributed by atoms with van der Waals surface area (Å²) < 4.78 is 38.7. The third-order valence-corrected chi connectivity index (χ3v) is 10.5. The van der Waals surface area contributed by atoms with Gasteiger partial charge in [-0.1, -0.05) is 31.5 Å². The van der Waals surface area contributed by atoms with E-state index in [4.69, 9.17) is 4.74 Å². The van der Waals surface area contributed by atoms with Gasteiger partial charge in [-0.15, -0.1) is 0 Å². The van der Waals surface area contributed by atoms with Gasteiger partial charge in [0.2, 0.25) is 0 Å². The zero-order chi connectivity index (χ0) is 28.2. The fraction of sp³-hybridized carbons (Fsp3) is 0.559. The number of nitrogens with one attached hydrogen (secondary N) is 1. The lowest BCUT2D eigenvalue weighted by molar-refractivity contribution is -0.0547. The Labute approximate surface area is 241 Å². The van der Waals surface area contributed by atoms with Gasteiger partial charge in [-0.3, -0.25) is 9.80 Å². The highest BCUT2D eigenvalue weighted by Crippen LogP contribution is 2.54. The smallest absolute Gasteiger partial charge is 0.135 e. The first-order valence-electron chi connectivity index (χ1n) is 15.6. The molecule has 2 aromatic carbocycles. The molecule has 2 bridgehead atoms. The Morgan fingerprint density at radius 1 is 1.10 bits per heavy atom. The van der Waals surface area contributed by atoms with Crippen LogP contribution >= 0.6 is 0 Å². The predicted octanol–water partition coefficient (Wildman–Crippen LogP) is 6.97. The van der Waals surface area contributed by atoms with Gasteiger partial charge in [0.15, 0.2) is 0 Å². The molecule has 3 aromatic rings. The van der Waals surface area contributed by atoms with Gasteiger partial charge in [-0.2, -0.15) is 5.26 Å². The van der Waals surface area contributed by atoms with E-state index in [2.05, 4.69) is 40.8 Å². The number of aromatic nitrogens is 1. The molecule has 3 aliphatic carbocycles. The van der Waals surface area contributed by atoms with Gasteiger partial charge in [-0.05, 0) is 75.5 Å². The van der Waals surface area contributed by atoms with E-state index in [1.807, 2.05) is 18.2 Å². The molecular weight excluding hydrogens is 518 g/mol. The highest BCUT2D eigenvalue weighted by Gasteiger charge is 2.52. The lowest BCUT2D eigenvalue weighted by atomic mass is 9.57. The Kier molecular flexibility index (Phi) is 7.03. The maximum Gasteiger partial charge on any atom is 0.135 e. The zero-order valence-electron chi connectivity index (χ0n) is 24.1. The Balaban J connectivity index is 1.26. The molecule has 3 saturated carbocycles. The second-order valence-electron chi connectivity index (χ2n) is 13.0. The van der Waals surface area contributed by atoms with Crippen LogP contribution in [0.3, 0.4) is 0 Å². The minimum absolute atomic E-state index is 0.00994. The van der Waals surface area contributed by atoms with Crippen LogP contribution in [0.5, 0.6) is 5.75 Å². The van der Waals surface area contributed by atoms with Crippen molar-refractivity contribution < 1.29 is 13.5 Å². The quantitative estimate of drug-likeness (QED) is 0.340. The van der Waals surface area contributed by atoms with Gasteiger partial charge in [0.1, 0.15) is 23.5 Å². The number of aromatic amines is 1. The topological polar surface area (TPSA) is 55.3 Å². The summed E-state index contributed by atoms with van der Waals surface area (Å²) in [4.78, 5) is 8.31. The number of ether oxygens (including phenoxy) is 1. The number of hydrogen-bond donors (Lipinski definition) is 1. The zero-order valence-corrected chi connectivity index (χ0v) is 24.1. The Morgan fingerprint density at radius 3 is 2.63 bits per heavy atom. The first-order valence-corrected chi connectivity index (χ1v) is 15.6. The number of unbranched alkanes of at least 4 members (excludes halogenated alkanes) is 1. The molecule has 5 nitrogen and oxygen atoms in total. The predicted molar refractivity (Wildman–Crippen MR) is 156 cm³/mol. The second-order valence-corrected chi connectivity index (χ2v) is 13.0. The number of hydrogen-bond acceptors (Lipinski definition) is 4. The molecule has 4 fully saturated rings. The number of fused-ring (bicyclic) bond motifs is 5. The van der Waals surface area contributed by atoms with Crippen LogP contribution in [0, 0.1) is 40.7 Å². The molecule has 1 unspecified atom stereocenters. The van der Waals surface area contributed by atoms with Crippen molar-refractivity contribution in [3.05, 3.63) is 64.9 Å². The molecule has 7 heteroatoms. The number of likely N-dealkylation sites (tertiary alicyclic amines) is 1. The third-order valence-electron chi connectivity index (χ3n) is 10.5. The van der Waals surface area contributed by atoms with Crippen LogP contribution in [-0.2, 0) is 6.42 Å². The van der Waals surface area contributed by atoms with Crippen molar-refractivity contribution in [2.75, 3.05) is 19.6 Å². The van der Waals surface area contributed by atoms with Gasteiger partial charge < -0.3 is 9.72 Å². The number of nitrogens with zero attached hydrogens (tertiary/aromatic N) is 3. The summed E-state index contributed by atoms with van der Waals surface area (Å²) in [6.07, 6.45) is 6.75. The van der Waals surface area contributed by atoms with Crippen molar-refractivity contribution in [3.63, 3.8) is 0 Å². The highest BCUT2D eigenvalue weighted by molar-refractivity contribution is 5.85. The number of para-hydroxylation sites is 1. The Bertz CT molecular complexity index is 1450. The van der Waals surface area contributed by atoms with E-state index < -0.39 is 17.7 Å². The van der Waals surface area contributed by atoms with Crippen molar-refractivity contribution in [2.24, 2.45) is 17.8 Å². The first-order chi connectivity index (χ1) is 19.9. The van der Waals surface area contributed by atoms with E-state index in [9.17, 15) is 5.26 Å². The van der Waals surface area contributed by atoms with Gasteiger partial charge >= 0.3 is 0 Å². The summed E-state index contributed by atoms with van der Waals surface area (Å²) in [6, 6.07) is 13.1. The number of nitriles is 1. The minimum atomic E-state index is -0.590. The van der Waals surface area contributed by atoms with Crippen molar-refractivity contribution in [2.45, 2.75) is 83.0 Å². The van der Waals surface area contributed by atoms with Gasteiger partial charge in [0, 0.05) is 59.5 Å². The standard InChI is InChI=1S/C34H40F2N4O/c1-3-4-10-39-11-9-24(19-39)41-25-16-28(35)32(29(36)17-25)34-33-27(26-7-5-6-8-30(26)38-33)12-20(2)40(34)31-15-23(18-37)21-13-22(31)14-21/h5-8,16-17,20-24,31,34,38H,3-4,9-15,19H2,1-2H3/t20-,21?,22?,23-,24-,31?,34-/m1/s1. The molecule has 216 valence electrons. The van der Waals surface area contributed by atoms with Crippen LogP contribution in [0.4, 0.5) is 8.78 Å². The number of H-pyrrole nitrogens is 1. The number of halogens is 2. The van der Waals surface area contributed by atoms with Crippen molar-refractivity contribution in [1.29, 1.82) is 5.26 Å². The van der Waals surface area contributed by atoms with E-state index in [0.717, 1.165) is 86.7 Å². The molecule has 3 heterocycles. The van der Waals surface area contributed by atoms with Crippen LogP contribution in [-0.4, -0.2) is 52.6 Å². The third kappa shape index (κ3) is 4.64. The summed E-state index contributed by atoms with van der Waals surface area (Å²) in [6.45, 7) is 7.15. The molecule has 8 rings (SSSR count). The largest absolute Gasteiger partial charge is 0.489 e. The Morgan fingerprint density at radius 2 is 1.88 bits per heavy atom. The lowest BCUT2D eigenvalue weighted by Crippen LogP contribution is -2.58. The average Bonchev–Trinajstić information content (AvgIpc) is 3.54. The maximum atomic E-state index is 16.3. The van der Waals surface area contributed by atoms with Crippen LogP contribution in [0.1, 0.15) is 75.2 Å². The number of benzene rings is 2. The van der Waals surface area contributed by atoms with E-state index in [1.54, 1.807) is 0 Å². The molecule has 5 atom stereocenters. The van der Waals surface area contributed by atoms with Gasteiger partial charge in [0.25, 0.3) is 0 Å². The average molecular weight is 559 g/mol. The molecule has 2 aliphatic heterocycles. The molecule has 41 heavy (non-hydrogen) atoms. The van der Waals surface area contributed by atoms with Crippen LogP contribution in [0.2, 0.25) is 0 Å². The molecule has 1 aromatic heterocycles. The summed E-state index contributed by atoms with van der Waals surface area (Å²) >= 11 is 0. The van der Waals surface area contributed by atoms with Crippen LogP contribution in [0.15, 0.2) is 36.4 Å². The summed E-state index contributed by atoms with van der Waals surface area (Å²) in [5.74, 6) is 0.0922. The van der Waals surface area contributed by atoms with Crippen molar-refractivity contribution in [1.82, 2.24) is 14.8 Å². The van der Waals surface area contributed by atoms with E-state index in [0.29, 0.717) is 11.8 Å². The first kappa shape index (κ1) is 26.9. The van der Waals surface area contributed by atoms with Gasteiger partial charge in [-0.25, -0.2) is 8.78 Å². The fourth-order valence-corrected chi connectivity index (χ4v) is 8.37. The molecule has 1 saturated heterocycles. The van der Waals surface area contributed by atoms with E-state index in [1.165, 1.54) is 12.1 Å². The molecule has 0 spiro atoms. The maximum absolute atomic E-state index is 16.3. The summed E-state index contributed by atoms with van der Waals surface area (Å²) in [5.41, 5.74) is 3.11. The monoisotopic (exact) mass is 558 g/mol. The highest BCUT2D eigenvalue weighted by atomic mass is 19.1. The molecule has 0 amide bonds. The summed E-state index contributed by atoms with van der Waals surface area (Å²) in [7, 11) is 0. The fourth-order valence-electron chi connectivity index (χ4n) is 8.37. The molecule has 1 N–H and O–H groups in total. The summed E-state index contributed by atoms with van der Waals surface area (Å²) in [5, 5.41) is 11.0. The molecule has 0 radical (unpaired) electrons. The normalized spacial score (nSPS) is 31.5. The van der Waals surface area contributed by atoms with Crippen molar-refractivity contribution >= 4 is 10.9 Å².